The summed E-state index contributed by atoms with van der Waals surface area (Å²) in [5, 5.41) is 12.4. The predicted molar refractivity (Wildman–Crippen MR) is 128 cm³/mol. The Bertz CT molecular complexity index is 1140. The van der Waals surface area contributed by atoms with Crippen molar-refractivity contribution in [3.05, 3.63) is 59.1 Å². The lowest BCUT2D eigenvalue weighted by Crippen LogP contribution is -2.24. The third kappa shape index (κ3) is 4.66. The summed E-state index contributed by atoms with van der Waals surface area (Å²) in [7, 11) is 0. The summed E-state index contributed by atoms with van der Waals surface area (Å²) in [6, 6.07) is 14.5. The fourth-order valence-electron chi connectivity index (χ4n) is 3.65. The molecule has 1 saturated heterocycles. The van der Waals surface area contributed by atoms with E-state index in [4.69, 9.17) is 11.6 Å². The van der Waals surface area contributed by atoms with Crippen LogP contribution in [0.3, 0.4) is 0 Å². The molecule has 2 aromatic carbocycles. The Morgan fingerprint density at radius 1 is 1.06 bits per heavy atom. The number of nitrogens with one attached hydrogen (secondary N) is 1. The van der Waals surface area contributed by atoms with Crippen LogP contribution in [-0.2, 0) is 4.79 Å². The highest BCUT2D eigenvalue weighted by molar-refractivity contribution is 8.00. The van der Waals surface area contributed by atoms with Gasteiger partial charge >= 0.3 is 0 Å². The van der Waals surface area contributed by atoms with Crippen LogP contribution in [0.1, 0.15) is 37.0 Å². The van der Waals surface area contributed by atoms with E-state index in [2.05, 4.69) is 20.4 Å². The summed E-state index contributed by atoms with van der Waals surface area (Å²) in [6.45, 7) is 5.10. The number of para-hydroxylation sites is 2. The molecule has 1 N–H and O–H groups in total. The number of hydrogen-bond donors (Lipinski definition) is 1. The molecule has 0 saturated carbocycles. The van der Waals surface area contributed by atoms with Gasteiger partial charge in [0, 0.05) is 18.7 Å². The number of Topliss-reactive ketones (excluding diaryl/α,β-unsaturated/α-hetero) is 1. The van der Waals surface area contributed by atoms with Gasteiger partial charge in [-0.25, -0.2) is 0 Å². The van der Waals surface area contributed by atoms with Crippen LogP contribution in [0.25, 0.3) is 5.69 Å². The zero-order chi connectivity index (χ0) is 22.7. The van der Waals surface area contributed by atoms with Crippen LogP contribution >= 0.6 is 23.4 Å². The van der Waals surface area contributed by atoms with E-state index in [0.29, 0.717) is 21.4 Å². The molecule has 0 bridgehead atoms. The molecular formula is C23H24ClN5O2S. The number of rotatable bonds is 7. The van der Waals surface area contributed by atoms with Crippen molar-refractivity contribution in [1.29, 1.82) is 0 Å². The lowest BCUT2D eigenvalue weighted by Gasteiger charge is -2.20. The van der Waals surface area contributed by atoms with Crippen LogP contribution in [0.5, 0.6) is 0 Å². The summed E-state index contributed by atoms with van der Waals surface area (Å²) >= 11 is 7.81. The second-order valence-corrected chi connectivity index (χ2v) is 9.33. The van der Waals surface area contributed by atoms with Gasteiger partial charge in [-0.3, -0.25) is 14.2 Å². The molecule has 1 aliphatic heterocycles. The van der Waals surface area contributed by atoms with Gasteiger partial charge in [-0.2, -0.15) is 0 Å². The van der Waals surface area contributed by atoms with Crippen molar-refractivity contribution in [2.45, 2.75) is 37.1 Å². The fourth-order valence-corrected chi connectivity index (χ4v) is 4.73. The van der Waals surface area contributed by atoms with E-state index >= 15 is 0 Å². The van der Waals surface area contributed by atoms with E-state index in [-0.39, 0.29) is 11.7 Å². The van der Waals surface area contributed by atoms with E-state index in [9.17, 15) is 9.59 Å². The van der Waals surface area contributed by atoms with Crippen molar-refractivity contribution in [2.75, 3.05) is 23.3 Å². The van der Waals surface area contributed by atoms with Gasteiger partial charge in [-0.05, 0) is 51.0 Å². The third-order valence-electron chi connectivity index (χ3n) is 5.31. The molecular weight excluding hydrogens is 446 g/mol. The number of amides is 1. The maximum absolute atomic E-state index is 12.9. The number of nitrogens with zero attached hydrogens (tertiary/aromatic N) is 4. The molecule has 1 aromatic heterocycles. The highest BCUT2D eigenvalue weighted by Crippen LogP contribution is 2.33. The van der Waals surface area contributed by atoms with E-state index in [1.54, 1.807) is 31.2 Å². The average Bonchev–Trinajstić information content (AvgIpc) is 3.44. The van der Waals surface area contributed by atoms with Gasteiger partial charge in [0.25, 0.3) is 0 Å². The molecule has 1 unspecified atom stereocenters. The van der Waals surface area contributed by atoms with E-state index in [0.717, 1.165) is 37.6 Å². The van der Waals surface area contributed by atoms with Crippen LogP contribution < -0.4 is 10.2 Å². The Hall–Kier alpha value is -2.84. The first-order valence-corrected chi connectivity index (χ1v) is 11.7. The fraction of sp³-hybridized carbons (Fsp3) is 0.304. The number of ketones is 1. The topological polar surface area (TPSA) is 80.1 Å². The molecule has 4 rings (SSSR count). The summed E-state index contributed by atoms with van der Waals surface area (Å²) in [5.74, 6) is 0.405. The summed E-state index contributed by atoms with van der Waals surface area (Å²) in [5.41, 5.74) is 1.76. The van der Waals surface area contributed by atoms with Crippen molar-refractivity contribution >= 4 is 46.7 Å². The van der Waals surface area contributed by atoms with Gasteiger partial charge in [0.15, 0.2) is 10.9 Å². The van der Waals surface area contributed by atoms with Crippen LogP contribution in [0.2, 0.25) is 5.02 Å². The van der Waals surface area contributed by atoms with Gasteiger partial charge < -0.3 is 10.2 Å². The number of carbonyl (C=O) groups excluding carboxylic acids is 2. The van der Waals surface area contributed by atoms with Crippen LogP contribution in [0, 0.1) is 0 Å². The van der Waals surface area contributed by atoms with Crippen molar-refractivity contribution < 1.29 is 9.59 Å². The molecule has 166 valence electrons. The zero-order valence-corrected chi connectivity index (χ0v) is 19.5. The lowest BCUT2D eigenvalue weighted by atomic mass is 10.1. The van der Waals surface area contributed by atoms with E-state index in [1.165, 1.54) is 18.7 Å². The van der Waals surface area contributed by atoms with Gasteiger partial charge in [0.2, 0.25) is 11.9 Å². The molecule has 0 spiro atoms. The minimum Gasteiger partial charge on any atom is -0.341 e. The quantitative estimate of drug-likeness (QED) is 0.394. The van der Waals surface area contributed by atoms with Gasteiger partial charge in [0.05, 0.1) is 21.6 Å². The minimum atomic E-state index is -0.480. The zero-order valence-electron chi connectivity index (χ0n) is 17.9. The molecule has 9 heteroatoms. The molecule has 1 amide bonds. The van der Waals surface area contributed by atoms with Crippen molar-refractivity contribution in [3.8, 4) is 5.69 Å². The number of hydrogen-bond acceptors (Lipinski definition) is 6. The monoisotopic (exact) mass is 469 g/mol. The first-order valence-electron chi connectivity index (χ1n) is 10.5. The summed E-state index contributed by atoms with van der Waals surface area (Å²) in [6.07, 6.45) is 2.21. The molecule has 1 aliphatic rings. The average molecular weight is 470 g/mol. The van der Waals surface area contributed by atoms with Crippen molar-refractivity contribution in [2.24, 2.45) is 0 Å². The Morgan fingerprint density at radius 3 is 2.47 bits per heavy atom. The molecule has 0 radical (unpaired) electrons. The summed E-state index contributed by atoms with van der Waals surface area (Å²) in [4.78, 5) is 27.0. The third-order valence-corrected chi connectivity index (χ3v) is 6.68. The SMILES string of the molecule is CC(=O)c1ccccc1NC(=O)C(C)Sc1nnc(N2CCCC2)n1-c1ccccc1Cl. The molecule has 0 aliphatic carbocycles. The number of anilines is 2. The number of halogens is 1. The van der Waals surface area contributed by atoms with Gasteiger partial charge in [-0.15, -0.1) is 10.2 Å². The number of carbonyl (C=O) groups is 2. The maximum Gasteiger partial charge on any atom is 0.237 e. The Balaban J connectivity index is 1.61. The highest BCUT2D eigenvalue weighted by atomic mass is 35.5. The molecule has 2 heterocycles. The van der Waals surface area contributed by atoms with Crippen molar-refractivity contribution in [3.63, 3.8) is 0 Å². The van der Waals surface area contributed by atoms with Crippen molar-refractivity contribution in [1.82, 2.24) is 14.8 Å². The smallest absolute Gasteiger partial charge is 0.237 e. The predicted octanol–water partition coefficient (Wildman–Crippen LogP) is 4.84. The Morgan fingerprint density at radius 2 is 1.75 bits per heavy atom. The van der Waals surface area contributed by atoms with Crippen LogP contribution in [0.4, 0.5) is 11.6 Å². The van der Waals surface area contributed by atoms with Crippen LogP contribution in [-0.4, -0.2) is 44.8 Å². The standard InChI is InChI=1S/C23H24ClN5O2S/c1-15(30)17-9-3-5-11-19(17)25-21(31)16(2)32-23-27-26-22(28-13-7-8-14-28)29(23)20-12-6-4-10-18(20)24/h3-6,9-12,16H,7-8,13-14H2,1-2H3,(H,25,31). The van der Waals surface area contributed by atoms with Crippen LogP contribution in [0.15, 0.2) is 53.7 Å². The minimum absolute atomic E-state index is 0.102. The molecule has 32 heavy (non-hydrogen) atoms. The molecule has 1 atom stereocenters. The van der Waals surface area contributed by atoms with E-state index < -0.39 is 5.25 Å². The van der Waals surface area contributed by atoms with Gasteiger partial charge in [0.1, 0.15) is 0 Å². The number of aromatic nitrogens is 3. The second kappa shape index (κ2) is 9.75. The second-order valence-electron chi connectivity index (χ2n) is 7.61. The summed E-state index contributed by atoms with van der Waals surface area (Å²) < 4.78 is 1.92. The lowest BCUT2D eigenvalue weighted by molar-refractivity contribution is -0.115. The number of thioether (sulfide) groups is 1. The normalized spacial score (nSPS) is 14.4. The Labute approximate surface area is 196 Å². The van der Waals surface area contributed by atoms with E-state index in [1.807, 2.05) is 28.8 Å². The largest absolute Gasteiger partial charge is 0.341 e. The first-order chi connectivity index (χ1) is 15.5. The molecule has 1 fully saturated rings. The first kappa shape index (κ1) is 22.4. The maximum atomic E-state index is 12.9. The van der Waals surface area contributed by atoms with Gasteiger partial charge in [-0.1, -0.05) is 47.6 Å². The highest BCUT2D eigenvalue weighted by Gasteiger charge is 2.26. The number of benzene rings is 2. The molecule has 3 aromatic rings. The molecule has 7 nitrogen and oxygen atoms in total. The Kier molecular flexibility index (Phi) is 6.81.